The van der Waals surface area contributed by atoms with E-state index in [0.717, 1.165) is 17.1 Å². The highest BCUT2D eigenvalue weighted by atomic mass is 35.5. The van der Waals surface area contributed by atoms with Crippen LogP contribution in [0, 0.1) is 0 Å². The second-order valence-corrected chi connectivity index (χ2v) is 8.22. The number of piperazine rings is 1. The fourth-order valence-electron chi connectivity index (χ4n) is 3.57. The Labute approximate surface area is 202 Å². The zero-order chi connectivity index (χ0) is 23.4. The minimum absolute atomic E-state index is 0.200. The van der Waals surface area contributed by atoms with E-state index in [1.807, 2.05) is 30.3 Å². The number of carbonyl (C=O) groups is 1. The molecule has 0 unspecified atom stereocenters. The van der Waals surface area contributed by atoms with Crippen LogP contribution in [0.1, 0.15) is 0 Å². The molecule has 33 heavy (non-hydrogen) atoms. The first-order valence-corrected chi connectivity index (χ1v) is 11.1. The van der Waals surface area contributed by atoms with Gasteiger partial charge < -0.3 is 24.6 Å². The summed E-state index contributed by atoms with van der Waals surface area (Å²) in [7, 11) is 3.20. The second kappa shape index (κ2) is 10.1. The molecule has 0 spiro atoms. The Kier molecular flexibility index (Phi) is 7.05. The molecule has 10 heteroatoms. The maximum atomic E-state index is 12.6. The van der Waals surface area contributed by atoms with Crippen molar-refractivity contribution in [2.45, 2.75) is 0 Å². The van der Waals surface area contributed by atoms with Crippen LogP contribution in [-0.4, -0.2) is 61.5 Å². The monoisotopic (exact) mass is 487 g/mol. The van der Waals surface area contributed by atoms with Gasteiger partial charge in [-0.15, -0.1) is 10.2 Å². The first kappa shape index (κ1) is 22.9. The number of nitrogens with one attached hydrogen (secondary N) is 1. The molecule has 1 fully saturated rings. The summed E-state index contributed by atoms with van der Waals surface area (Å²) in [4.78, 5) is 16.4. The van der Waals surface area contributed by atoms with Crippen LogP contribution in [-0.2, 0) is 0 Å². The van der Waals surface area contributed by atoms with Crippen LogP contribution < -0.4 is 19.7 Å². The zero-order valence-corrected chi connectivity index (χ0v) is 19.7. The summed E-state index contributed by atoms with van der Waals surface area (Å²) >= 11 is 12.1. The molecular weight excluding hydrogens is 465 g/mol. The molecule has 3 aromatic rings. The molecule has 1 N–H and O–H groups in total. The molecule has 0 radical (unpaired) electrons. The summed E-state index contributed by atoms with van der Waals surface area (Å²) in [5.41, 5.74) is 2.15. The van der Waals surface area contributed by atoms with Gasteiger partial charge in [0, 0.05) is 36.8 Å². The number of anilines is 2. The van der Waals surface area contributed by atoms with Gasteiger partial charge in [0.25, 0.3) is 0 Å². The summed E-state index contributed by atoms with van der Waals surface area (Å²) in [6.07, 6.45) is 0. The standard InChI is InChI=1S/C23H23Cl2N5O3/c1-32-20-7-3-15(13-21(20)33-2)18-6-8-22(28-27-18)29-9-11-30(12-10-29)23(31)26-19-5-4-16(24)14-17(19)25/h3-8,13-14H,9-12H2,1-2H3,(H,26,31). The Balaban J connectivity index is 1.36. The van der Waals surface area contributed by atoms with Gasteiger partial charge in [-0.3, -0.25) is 0 Å². The lowest BCUT2D eigenvalue weighted by atomic mass is 10.1. The van der Waals surface area contributed by atoms with Crippen molar-refractivity contribution >= 4 is 40.7 Å². The number of ether oxygens (including phenoxy) is 2. The van der Waals surface area contributed by atoms with E-state index in [1.165, 1.54) is 0 Å². The average Bonchev–Trinajstić information content (AvgIpc) is 2.85. The van der Waals surface area contributed by atoms with Gasteiger partial charge in [-0.25, -0.2) is 4.79 Å². The van der Waals surface area contributed by atoms with Crippen molar-refractivity contribution in [1.82, 2.24) is 15.1 Å². The van der Waals surface area contributed by atoms with E-state index in [0.29, 0.717) is 53.4 Å². The van der Waals surface area contributed by atoms with Crippen LogP contribution in [0.15, 0.2) is 48.5 Å². The van der Waals surface area contributed by atoms with Gasteiger partial charge in [0.05, 0.1) is 30.6 Å². The highest BCUT2D eigenvalue weighted by molar-refractivity contribution is 6.36. The van der Waals surface area contributed by atoms with Gasteiger partial charge >= 0.3 is 6.03 Å². The smallest absolute Gasteiger partial charge is 0.322 e. The summed E-state index contributed by atoms with van der Waals surface area (Å²) in [5, 5.41) is 12.5. The quantitative estimate of drug-likeness (QED) is 0.555. The molecule has 172 valence electrons. The van der Waals surface area contributed by atoms with E-state index >= 15 is 0 Å². The van der Waals surface area contributed by atoms with Crippen LogP contribution in [0.3, 0.4) is 0 Å². The number of rotatable bonds is 5. The largest absolute Gasteiger partial charge is 0.493 e. The molecule has 8 nitrogen and oxygen atoms in total. The maximum Gasteiger partial charge on any atom is 0.322 e. The summed E-state index contributed by atoms with van der Waals surface area (Å²) in [5.74, 6) is 2.06. The number of aromatic nitrogens is 2. The number of hydrogen-bond donors (Lipinski definition) is 1. The van der Waals surface area contributed by atoms with Crippen molar-refractivity contribution < 1.29 is 14.3 Å². The molecule has 0 aliphatic carbocycles. The second-order valence-electron chi connectivity index (χ2n) is 7.37. The van der Waals surface area contributed by atoms with Crippen molar-refractivity contribution in [1.29, 1.82) is 0 Å². The molecule has 1 aromatic heterocycles. The lowest BCUT2D eigenvalue weighted by molar-refractivity contribution is 0.208. The lowest BCUT2D eigenvalue weighted by Crippen LogP contribution is -2.50. The minimum atomic E-state index is -0.200. The zero-order valence-electron chi connectivity index (χ0n) is 18.2. The third kappa shape index (κ3) is 5.23. The molecule has 1 aliphatic heterocycles. The van der Waals surface area contributed by atoms with E-state index < -0.39 is 0 Å². The van der Waals surface area contributed by atoms with Gasteiger partial charge in [0.1, 0.15) is 0 Å². The van der Waals surface area contributed by atoms with Gasteiger partial charge in [-0.05, 0) is 48.5 Å². The van der Waals surface area contributed by atoms with E-state index in [1.54, 1.807) is 37.3 Å². The van der Waals surface area contributed by atoms with Crippen molar-refractivity contribution in [3.8, 4) is 22.8 Å². The van der Waals surface area contributed by atoms with E-state index in [2.05, 4.69) is 20.4 Å². The van der Waals surface area contributed by atoms with E-state index in [4.69, 9.17) is 32.7 Å². The van der Waals surface area contributed by atoms with Gasteiger partial charge in [0.2, 0.25) is 0 Å². The predicted molar refractivity (Wildman–Crippen MR) is 130 cm³/mol. The van der Waals surface area contributed by atoms with E-state index in [9.17, 15) is 4.79 Å². The topological polar surface area (TPSA) is 79.8 Å². The van der Waals surface area contributed by atoms with Crippen LogP contribution in [0.5, 0.6) is 11.5 Å². The van der Waals surface area contributed by atoms with Crippen LogP contribution in [0.2, 0.25) is 10.0 Å². The number of methoxy groups -OCH3 is 2. The van der Waals surface area contributed by atoms with Crippen molar-refractivity contribution in [2.75, 3.05) is 50.6 Å². The molecule has 2 heterocycles. The third-order valence-electron chi connectivity index (χ3n) is 5.39. The molecule has 2 amide bonds. The Hall–Kier alpha value is -3.23. The van der Waals surface area contributed by atoms with Crippen LogP contribution in [0.4, 0.5) is 16.3 Å². The Morgan fingerprint density at radius 2 is 1.67 bits per heavy atom. The number of hydrogen-bond acceptors (Lipinski definition) is 6. The van der Waals surface area contributed by atoms with Gasteiger partial charge in [0.15, 0.2) is 17.3 Å². The van der Waals surface area contributed by atoms with Gasteiger partial charge in [-0.2, -0.15) is 0 Å². The van der Waals surface area contributed by atoms with Crippen molar-refractivity contribution in [2.24, 2.45) is 0 Å². The van der Waals surface area contributed by atoms with Crippen LogP contribution >= 0.6 is 23.2 Å². The third-order valence-corrected chi connectivity index (χ3v) is 5.94. The first-order chi connectivity index (χ1) is 16.0. The maximum absolute atomic E-state index is 12.6. The average molecular weight is 488 g/mol. The summed E-state index contributed by atoms with van der Waals surface area (Å²) < 4.78 is 10.6. The number of amides is 2. The van der Waals surface area contributed by atoms with Gasteiger partial charge in [-0.1, -0.05) is 23.2 Å². The van der Waals surface area contributed by atoms with Crippen molar-refractivity contribution in [3.05, 3.63) is 58.6 Å². The Morgan fingerprint density at radius 3 is 2.30 bits per heavy atom. The summed E-state index contributed by atoms with van der Waals surface area (Å²) in [6, 6.07) is 14.2. The molecule has 2 aromatic carbocycles. The summed E-state index contributed by atoms with van der Waals surface area (Å²) in [6.45, 7) is 2.39. The predicted octanol–water partition coefficient (Wildman–Crippen LogP) is 4.82. The highest BCUT2D eigenvalue weighted by Gasteiger charge is 2.23. The number of nitrogens with zero attached hydrogens (tertiary/aromatic N) is 4. The number of urea groups is 1. The number of carbonyl (C=O) groups excluding carboxylic acids is 1. The van der Waals surface area contributed by atoms with Crippen LogP contribution in [0.25, 0.3) is 11.3 Å². The molecular formula is C23H23Cl2N5O3. The molecule has 1 saturated heterocycles. The Bertz CT molecular complexity index is 1140. The molecule has 0 saturated carbocycles. The molecule has 1 aliphatic rings. The number of benzene rings is 2. The van der Waals surface area contributed by atoms with E-state index in [-0.39, 0.29) is 6.03 Å². The molecule has 0 bridgehead atoms. The molecule has 0 atom stereocenters. The SMILES string of the molecule is COc1ccc(-c2ccc(N3CCN(C(=O)Nc4ccc(Cl)cc4Cl)CC3)nn2)cc1OC. The Morgan fingerprint density at radius 1 is 0.909 bits per heavy atom. The highest BCUT2D eigenvalue weighted by Crippen LogP contribution is 2.32. The fraction of sp³-hybridized carbons (Fsp3) is 0.261. The van der Waals surface area contributed by atoms with Crippen molar-refractivity contribution in [3.63, 3.8) is 0 Å². The number of halogens is 2. The fourth-order valence-corrected chi connectivity index (χ4v) is 4.02. The first-order valence-electron chi connectivity index (χ1n) is 10.3. The minimum Gasteiger partial charge on any atom is -0.493 e. The lowest BCUT2D eigenvalue weighted by Gasteiger charge is -2.35. The normalized spacial score (nSPS) is 13.6. The molecule has 4 rings (SSSR count).